The maximum atomic E-state index is 12.9. The number of amides is 1. The largest absolute Gasteiger partial charge is 0.463 e. The number of fused-ring (bicyclic) bond motifs is 1. The predicted octanol–water partition coefficient (Wildman–Crippen LogP) is 6.05. The van der Waals surface area contributed by atoms with Crippen LogP contribution in [0.2, 0.25) is 0 Å². The molecule has 1 amide bonds. The smallest absolute Gasteiger partial charge is 0.239 e. The number of furan rings is 2. The summed E-state index contributed by atoms with van der Waals surface area (Å²) >= 11 is 2.83. The van der Waals surface area contributed by atoms with Gasteiger partial charge in [0.15, 0.2) is 21.8 Å². The first-order chi connectivity index (χ1) is 15.2. The SMILES string of the molecule is CCC(Sc1nc(-c2ccco2)c(-c2ccco2)[nH]1)C(=O)Nc1nc2ccccc2s1. The number of hydrogen-bond donors (Lipinski definition) is 2. The van der Waals surface area contributed by atoms with Crippen LogP contribution < -0.4 is 5.32 Å². The van der Waals surface area contributed by atoms with Crippen molar-refractivity contribution >= 4 is 44.4 Å². The fourth-order valence-corrected chi connectivity index (χ4v) is 4.94. The van der Waals surface area contributed by atoms with Gasteiger partial charge in [-0.3, -0.25) is 4.79 Å². The Hall–Kier alpha value is -3.30. The van der Waals surface area contributed by atoms with Crippen LogP contribution >= 0.6 is 23.1 Å². The third kappa shape index (κ3) is 4.01. The average Bonchev–Trinajstić information content (AvgIpc) is 3.57. The van der Waals surface area contributed by atoms with Crippen molar-refractivity contribution in [3.63, 3.8) is 0 Å². The Morgan fingerprint density at radius 2 is 1.87 bits per heavy atom. The van der Waals surface area contributed by atoms with Gasteiger partial charge in [0.1, 0.15) is 11.4 Å². The Balaban J connectivity index is 1.38. The Morgan fingerprint density at radius 1 is 1.10 bits per heavy atom. The van der Waals surface area contributed by atoms with E-state index in [9.17, 15) is 4.79 Å². The second kappa shape index (κ2) is 8.44. The summed E-state index contributed by atoms with van der Waals surface area (Å²) in [6.45, 7) is 1.97. The van der Waals surface area contributed by atoms with E-state index >= 15 is 0 Å². The quantitative estimate of drug-likeness (QED) is 0.293. The molecule has 0 saturated carbocycles. The van der Waals surface area contributed by atoms with Gasteiger partial charge in [-0.15, -0.1) is 0 Å². The number of aromatic nitrogens is 3. The molecule has 0 spiro atoms. The third-order valence-electron chi connectivity index (χ3n) is 4.65. The molecule has 0 saturated heterocycles. The fraction of sp³-hybridized carbons (Fsp3) is 0.136. The predicted molar refractivity (Wildman–Crippen MR) is 122 cm³/mol. The number of para-hydroxylation sites is 1. The van der Waals surface area contributed by atoms with Gasteiger partial charge in [0, 0.05) is 0 Å². The van der Waals surface area contributed by atoms with Crippen LogP contribution in [0, 0.1) is 0 Å². The summed E-state index contributed by atoms with van der Waals surface area (Å²) in [5.74, 6) is 1.17. The van der Waals surface area contributed by atoms with Crippen LogP contribution in [0.5, 0.6) is 0 Å². The highest BCUT2D eigenvalue weighted by atomic mass is 32.2. The monoisotopic (exact) mass is 450 g/mol. The maximum Gasteiger partial charge on any atom is 0.239 e. The summed E-state index contributed by atoms with van der Waals surface area (Å²) in [6, 6.07) is 15.1. The first kappa shape index (κ1) is 19.7. The molecular weight excluding hydrogens is 432 g/mol. The lowest BCUT2D eigenvalue weighted by Gasteiger charge is -2.11. The zero-order chi connectivity index (χ0) is 21.2. The molecule has 2 N–H and O–H groups in total. The number of carbonyl (C=O) groups is 1. The molecule has 31 heavy (non-hydrogen) atoms. The first-order valence-electron chi connectivity index (χ1n) is 9.72. The first-order valence-corrected chi connectivity index (χ1v) is 11.4. The summed E-state index contributed by atoms with van der Waals surface area (Å²) < 4.78 is 12.1. The van der Waals surface area contributed by atoms with Crippen molar-refractivity contribution in [1.82, 2.24) is 15.0 Å². The lowest BCUT2D eigenvalue weighted by atomic mass is 10.2. The summed E-state index contributed by atoms with van der Waals surface area (Å²) in [6.07, 6.45) is 3.84. The number of rotatable bonds is 7. The van der Waals surface area contributed by atoms with Crippen LogP contribution in [0.4, 0.5) is 5.13 Å². The highest BCUT2D eigenvalue weighted by Gasteiger charge is 2.24. The molecule has 0 bridgehead atoms. The number of carbonyl (C=O) groups excluding carboxylic acids is 1. The van der Waals surface area contributed by atoms with Gasteiger partial charge in [0.05, 0.1) is 28.0 Å². The Kier molecular flexibility index (Phi) is 5.35. The van der Waals surface area contributed by atoms with Gasteiger partial charge in [0.2, 0.25) is 5.91 Å². The molecule has 0 aliphatic heterocycles. The topological polar surface area (TPSA) is 97.0 Å². The van der Waals surface area contributed by atoms with Crippen LogP contribution in [-0.2, 0) is 4.79 Å². The molecule has 0 fully saturated rings. The van der Waals surface area contributed by atoms with Crippen LogP contribution in [-0.4, -0.2) is 26.1 Å². The minimum atomic E-state index is -0.341. The van der Waals surface area contributed by atoms with Crippen LogP contribution in [0.1, 0.15) is 13.3 Å². The van der Waals surface area contributed by atoms with Crippen molar-refractivity contribution in [3.05, 3.63) is 61.1 Å². The van der Waals surface area contributed by atoms with E-state index in [1.165, 1.54) is 23.1 Å². The molecule has 4 heterocycles. The number of aromatic amines is 1. The Labute approximate surface area is 185 Å². The van der Waals surface area contributed by atoms with E-state index in [1.807, 2.05) is 55.5 Å². The average molecular weight is 451 g/mol. The van der Waals surface area contributed by atoms with E-state index in [0.29, 0.717) is 39.6 Å². The molecule has 1 unspecified atom stereocenters. The normalized spacial score (nSPS) is 12.3. The van der Waals surface area contributed by atoms with Gasteiger partial charge in [-0.05, 0) is 42.8 Å². The van der Waals surface area contributed by atoms with Crippen molar-refractivity contribution in [2.45, 2.75) is 23.8 Å². The highest BCUT2D eigenvalue weighted by Crippen LogP contribution is 2.35. The molecule has 5 rings (SSSR count). The standard InChI is InChI=1S/C22H18N4O3S2/c1-2-16(20(27)26-21-23-13-7-3-4-10-17(13)31-21)30-22-24-18(14-8-5-11-28-14)19(25-22)15-9-6-12-29-15/h3-12,16H,2H2,1H3,(H,24,25)(H,23,26,27). The van der Waals surface area contributed by atoms with Crippen molar-refractivity contribution < 1.29 is 13.6 Å². The molecule has 0 radical (unpaired) electrons. The molecule has 7 nitrogen and oxygen atoms in total. The van der Waals surface area contributed by atoms with Crippen molar-refractivity contribution in [3.8, 4) is 22.9 Å². The number of imidazole rings is 1. The van der Waals surface area contributed by atoms with Gasteiger partial charge in [-0.2, -0.15) is 0 Å². The lowest BCUT2D eigenvalue weighted by molar-refractivity contribution is -0.115. The van der Waals surface area contributed by atoms with Crippen LogP contribution in [0.15, 0.2) is 75.0 Å². The van der Waals surface area contributed by atoms with E-state index < -0.39 is 0 Å². The number of anilines is 1. The van der Waals surface area contributed by atoms with E-state index in [0.717, 1.165) is 10.2 Å². The Bertz CT molecular complexity index is 1220. The van der Waals surface area contributed by atoms with Gasteiger partial charge in [-0.1, -0.05) is 42.2 Å². The highest BCUT2D eigenvalue weighted by molar-refractivity contribution is 8.00. The third-order valence-corrected chi connectivity index (χ3v) is 6.85. The Morgan fingerprint density at radius 3 is 2.58 bits per heavy atom. The molecule has 156 valence electrons. The molecule has 4 aromatic heterocycles. The number of H-pyrrole nitrogens is 1. The van der Waals surface area contributed by atoms with Crippen molar-refractivity contribution in [2.24, 2.45) is 0 Å². The summed E-state index contributed by atoms with van der Waals surface area (Å²) in [5.41, 5.74) is 2.23. The molecular formula is C22H18N4O3S2. The van der Waals surface area contributed by atoms with Gasteiger partial charge in [0.25, 0.3) is 0 Å². The number of hydrogen-bond acceptors (Lipinski definition) is 7. The molecule has 0 aliphatic rings. The zero-order valence-electron chi connectivity index (χ0n) is 16.5. The second-order valence-corrected chi connectivity index (χ2v) is 8.93. The van der Waals surface area contributed by atoms with Gasteiger partial charge in [-0.25, -0.2) is 9.97 Å². The minimum absolute atomic E-state index is 0.109. The lowest BCUT2D eigenvalue weighted by Crippen LogP contribution is -2.24. The molecule has 1 aromatic carbocycles. The number of nitrogens with one attached hydrogen (secondary N) is 2. The van der Waals surface area contributed by atoms with E-state index in [2.05, 4.69) is 20.3 Å². The van der Waals surface area contributed by atoms with Gasteiger partial charge >= 0.3 is 0 Å². The zero-order valence-corrected chi connectivity index (χ0v) is 18.1. The fourth-order valence-electron chi connectivity index (χ4n) is 3.17. The van der Waals surface area contributed by atoms with E-state index in [1.54, 1.807) is 12.5 Å². The molecule has 0 aliphatic carbocycles. The summed E-state index contributed by atoms with van der Waals surface area (Å²) in [5, 5.41) is 3.82. The minimum Gasteiger partial charge on any atom is -0.463 e. The van der Waals surface area contributed by atoms with Crippen LogP contribution in [0.25, 0.3) is 33.1 Å². The number of thioether (sulfide) groups is 1. The number of benzene rings is 1. The second-order valence-electron chi connectivity index (χ2n) is 6.71. The van der Waals surface area contributed by atoms with E-state index in [-0.39, 0.29) is 11.2 Å². The number of thiazole rings is 1. The molecule has 9 heteroatoms. The van der Waals surface area contributed by atoms with Crippen molar-refractivity contribution in [1.29, 1.82) is 0 Å². The number of nitrogens with zero attached hydrogens (tertiary/aromatic N) is 2. The maximum absolute atomic E-state index is 12.9. The molecule has 5 aromatic rings. The molecule has 1 atom stereocenters. The summed E-state index contributed by atoms with van der Waals surface area (Å²) in [7, 11) is 0. The van der Waals surface area contributed by atoms with Crippen molar-refractivity contribution in [2.75, 3.05) is 5.32 Å². The van der Waals surface area contributed by atoms with E-state index in [4.69, 9.17) is 8.83 Å². The van der Waals surface area contributed by atoms with Gasteiger partial charge < -0.3 is 19.1 Å². The van der Waals surface area contributed by atoms with Crippen LogP contribution in [0.3, 0.4) is 0 Å². The summed E-state index contributed by atoms with van der Waals surface area (Å²) in [4.78, 5) is 25.4.